The van der Waals surface area contributed by atoms with E-state index in [1.165, 1.54) is 17.0 Å². The van der Waals surface area contributed by atoms with Crippen LogP contribution in [0.25, 0.3) is 0 Å². The Kier molecular flexibility index (Phi) is 8.38. The molecule has 2 unspecified atom stereocenters. The second-order valence-electron chi connectivity index (χ2n) is 11.3. The highest BCUT2D eigenvalue weighted by Gasteiger charge is 2.37. The first-order valence-electron chi connectivity index (χ1n) is 12.9. The van der Waals surface area contributed by atoms with Crippen molar-refractivity contribution in [3.63, 3.8) is 0 Å². The summed E-state index contributed by atoms with van der Waals surface area (Å²) in [6.07, 6.45) is -5.06. The molecule has 1 aromatic heterocycles. The summed E-state index contributed by atoms with van der Waals surface area (Å²) >= 11 is 0. The Bertz CT molecular complexity index is 1140. The molecule has 1 aromatic carbocycles. The number of carboxylic acid groups (broad SMARTS) is 1. The van der Waals surface area contributed by atoms with Gasteiger partial charge in [0, 0.05) is 44.6 Å². The number of rotatable bonds is 5. The number of hydrogen-bond donors (Lipinski definition) is 1. The molecule has 4 rings (SSSR count). The number of aromatic nitrogens is 2. The number of alkyl halides is 3. The molecule has 2 fully saturated rings. The van der Waals surface area contributed by atoms with E-state index in [1.807, 2.05) is 20.8 Å². The fraction of sp³-hybridized carbons (Fsp3) is 0.615. The molecule has 0 bridgehead atoms. The highest BCUT2D eigenvalue weighted by Crippen LogP contribution is 2.37. The minimum atomic E-state index is -4.44. The summed E-state index contributed by atoms with van der Waals surface area (Å²) in [5.74, 6) is -0.134. The number of amides is 3. The summed E-state index contributed by atoms with van der Waals surface area (Å²) in [6.45, 7) is 8.38. The van der Waals surface area contributed by atoms with Crippen molar-refractivity contribution >= 4 is 12.1 Å². The van der Waals surface area contributed by atoms with Gasteiger partial charge in [0.2, 0.25) is 5.89 Å². The van der Waals surface area contributed by atoms with Crippen molar-refractivity contribution < 1.29 is 37.1 Å². The molecule has 0 aliphatic carbocycles. The Morgan fingerprint density at radius 2 is 1.69 bits per heavy atom. The normalized spacial score (nSPS) is 20.7. The van der Waals surface area contributed by atoms with E-state index >= 15 is 0 Å². The number of carbonyl (C=O) groups is 2. The minimum absolute atomic E-state index is 0.0783. The zero-order valence-electron chi connectivity index (χ0n) is 22.3. The third-order valence-corrected chi connectivity index (χ3v) is 6.82. The lowest BCUT2D eigenvalue weighted by Crippen LogP contribution is -2.52. The molecule has 13 heteroatoms. The topological polar surface area (TPSA) is 112 Å². The van der Waals surface area contributed by atoms with E-state index in [1.54, 1.807) is 9.80 Å². The van der Waals surface area contributed by atoms with E-state index < -0.39 is 17.8 Å². The molecule has 0 saturated carbocycles. The minimum Gasteiger partial charge on any atom is -0.465 e. The van der Waals surface area contributed by atoms with Gasteiger partial charge in [0.25, 0.3) is 0 Å². The standard InChI is InChI=1S/C26H34F3N5O5/c1-25(2,3)16-34(24(36)37)15-21-30-22(31-39-21)19-12-18(17-4-6-20(7-5-17)26(27,28)29)13-33(14-19)23(35)32-8-10-38-11-9-32/h4-7,18-19H,8-16H2,1-3H3,(H,36,37). The fourth-order valence-corrected chi connectivity index (χ4v) is 5.01. The van der Waals surface area contributed by atoms with Crippen LogP contribution in [0.4, 0.5) is 22.8 Å². The number of carbonyl (C=O) groups excluding carboxylic acids is 1. The predicted molar refractivity (Wildman–Crippen MR) is 133 cm³/mol. The van der Waals surface area contributed by atoms with Crippen LogP contribution in [-0.2, 0) is 17.5 Å². The summed E-state index contributed by atoms with van der Waals surface area (Å²) in [5, 5.41) is 13.7. The zero-order valence-corrected chi connectivity index (χ0v) is 22.3. The van der Waals surface area contributed by atoms with Gasteiger partial charge in [-0.25, -0.2) is 9.59 Å². The number of urea groups is 1. The van der Waals surface area contributed by atoms with E-state index in [0.29, 0.717) is 57.2 Å². The smallest absolute Gasteiger partial charge is 0.416 e. The Morgan fingerprint density at radius 1 is 1.05 bits per heavy atom. The molecule has 214 valence electrons. The number of morpholine rings is 1. The van der Waals surface area contributed by atoms with Crippen LogP contribution in [0.1, 0.15) is 61.9 Å². The van der Waals surface area contributed by atoms with E-state index in [2.05, 4.69) is 10.1 Å². The van der Waals surface area contributed by atoms with Crippen LogP contribution in [0, 0.1) is 5.41 Å². The zero-order chi connectivity index (χ0) is 28.4. The molecule has 3 heterocycles. The number of hydrogen-bond acceptors (Lipinski definition) is 6. The number of nitrogens with zero attached hydrogens (tertiary/aromatic N) is 5. The van der Waals surface area contributed by atoms with E-state index in [9.17, 15) is 27.9 Å². The maximum atomic E-state index is 13.4. The first kappa shape index (κ1) is 28.7. The molecular formula is C26H34F3N5O5. The molecule has 2 aliphatic rings. The third-order valence-electron chi connectivity index (χ3n) is 6.82. The van der Waals surface area contributed by atoms with Crippen molar-refractivity contribution in [3.8, 4) is 0 Å². The van der Waals surface area contributed by atoms with Crippen LogP contribution in [0.3, 0.4) is 0 Å². The van der Waals surface area contributed by atoms with Crippen molar-refractivity contribution in [2.24, 2.45) is 5.41 Å². The van der Waals surface area contributed by atoms with Crippen LogP contribution in [0.2, 0.25) is 0 Å². The lowest BCUT2D eigenvalue weighted by Gasteiger charge is -2.40. The summed E-state index contributed by atoms with van der Waals surface area (Å²) in [4.78, 5) is 34.2. The van der Waals surface area contributed by atoms with Crippen molar-refractivity contribution in [1.82, 2.24) is 24.8 Å². The maximum Gasteiger partial charge on any atom is 0.416 e. The maximum absolute atomic E-state index is 13.4. The van der Waals surface area contributed by atoms with Crippen molar-refractivity contribution in [2.75, 3.05) is 45.9 Å². The van der Waals surface area contributed by atoms with Crippen molar-refractivity contribution in [2.45, 2.75) is 51.7 Å². The molecule has 1 N–H and O–H groups in total. The summed E-state index contributed by atoms with van der Waals surface area (Å²) in [5.41, 5.74) is -0.334. The molecule has 0 radical (unpaired) electrons. The predicted octanol–water partition coefficient (Wildman–Crippen LogP) is 4.64. The number of likely N-dealkylation sites (tertiary alicyclic amines) is 1. The van der Waals surface area contributed by atoms with Gasteiger partial charge >= 0.3 is 18.3 Å². The van der Waals surface area contributed by atoms with Crippen LogP contribution >= 0.6 is 0 Å². The van der Waals surface area contributed by atoms with Crippen molar-refractivity contribution in [1.29, 1.82) is 0 Å². The molecule has 2 aliphatic heterocycles. The molecule has 0 spiro atoms. The van der Waals surface area contributed by atoms with Gasteiger partial charge in [-0.05, 0) is 29.5 Å². The molecule has 3 amide bonds. The molecule has 2 saturated heterocycles. The average molecular weight is 554 g/mol. The fourth-order valence-electron chi connectivity index (χ4n) is 5.01. The van der Waals surface area contributed by atoms with Gasteiger partial charge in [0.15, 0.2) is 5.82 Å². The highest BCUT2D eigenvalue weighted by atomic mass is 19.4. The third kappa shape index (κ3) is 7.40. The lowest BCUT2D eigenvalue weighted by molar-refractivity contribution is -0.137. The van der Waals surface area contributed by atoms with Crippen molar-refractivity contribution in [3.05, 3.63) is 47.1 Å². The van der Waals surface area contributed by atoms with Gasteiger partial charge < -0.3 is 24.2 Å². The SMILES string of the molecule is CC(C)(C)CN(Cc1nc(C2CC(c3ccc(C(F)(F)F)cc3)CN(C(=O)N3CCOCC3)C2)no1)C(=O)O. The summed E-state index contributed by atoms with van der Waals surface area (Å²) < 4.78 is 50.1. The Balaban J connectivity index is 1.56. The number of ether oxygens (including phenoxy) is 1. The van der Waals surface area contributed by atoms with E-state index in [0.717, 1.165) is 12.1 Å². The largest absolute Gasteiger partial charge is 0.465 e. The van der Waals surface area contributed by atoms with Gasteiger partial charge in [0.1, 0.15) is 6.54 Å². The van der Waals surface area contributed by atoms with E-state index in [4.69, 9.17) is 9.26 Å². The summed E-state index contributed by atoms with van der Waals surface area (Å²) in [6, 6.07) is 4.83. The first-order valence-corrected chi connectivity index (χ1v) is 12.9. The van der Waals surface area contributed by atoms with Gasteiger partial charge in [-0.3, -0.25) is 4.90 Å². The quantitative estimate of drug-likeness (QED) is 0.574. The van der Waals surface area contributed by atoms with Crippen LogP contribution < -0.4 is 0 Å². The highest BCUT2D eigenvalue weighted by molar-refractivity contribution is 5.75. The number of piperidine rings is 1. The number of benzene rings is 1. The molecule has 2 atom stereocenters. The summed E-state index contributed by atoms with van der Waals surface area (Å²) in [7, 11) is 0. The first-order chi connectivity index (χ1) is 18.3. The molecule has 2 aromatic rings. The molecular weight excluding hydrogens is 519 g/mol. The van der Waals surface area contributed by atoms with Gasteiger partial charge in [-0.15, -0.1) is 0 Å². The van der Waals surface area contributed by atoms with Gasteiger partial charge in [-0.1, -0.05) is 38.1 Å². The van der Waals surface area contributed by atoms with Crippen LogP contribution in [0.15, 0.2) is 28.8 Å². The van der Waals surface area contributed by atoms with Crippen LogP contribution in [0.5, 0.6) is 0 Å². The lowest BCUT2D eigenvalue weighted by atomic mass is 9.84. The Labute approximate surface area is 224 Å². The second-order valence-corrected chi connectivity index (χ2v) is 11.3. The molecule has 10 nitrogen and oxygen atoms in total. The Morgan fingerprint density at radius 3 is 2.28 bits per heavy atom. The second kappa shape index (κ2) is 11.4. The average Bonchev–Trinajstić information content (AvgIpc) is 3.35. The van der Waals surface area contributed by atoms with E-state index in [-0.39, 0.29) is 42.3 Å². The monoisotopic (exact) mass is 553 g/mol. The van der Waals surface area contributed by atoms with Crippen LogP contribution in [-0.4, -0.2) is 88.0 Å². The Hall–Kier alpha value is -3.35. The molecule has 39 heavy (non-hydrogen) atoms. The van der Waals surface area contributed by atoms with Gasteiger partial charge in [-0.2, -0.15) is 18.2 Å². The number of halogens is 3. The van der Waals surface area contributed by atoms with Gasteiger partial charge in [0.05, 0.1) is 18.8 Å².